The van der Waals surface area contributed by atoms with Crippen molar-refractivity contribution in [3.05, 3.63) is 53.8 Å². The van der Waals surface area contributed by atoms with Gasteiger partial charge in [-0.1, -0.05) is 25.1 Å². The number of piperidine rings is 1. The van der Waals surface area contributed by atoms with Gasteiger partial charge < -0.3 is 14.4 Å². The highest BCUT2D eigenvalue weighted by atomic mass is 19.1. The van der Waals surface area contributed by atoms with Gasteiger partial charge in [0.05, 0.1) is 13.2 Å². The molecule has 27 heavy (non-hydrogen) atoms. The molecule has 1 heterocycles. The molecule has 0 unspecified atom stereocenters. The zero-order chi connectivity index (χ0) is 19.2. The molecule has 2 aromatic rings. The SMILES string of the molecule is CCCO[C@H]1CCCN(C(=O)c2cccc(-c3ccc(OC)c(F)c3)c2)C1. The Hall–Kier alpha value is -2.40. The molecule has 144 valence electrons. The minimum absolute atomic E-state index is 0.00404. The summed E-state index contributed by atoms with van der Waals surface area (Å²) in [6, 6.07) is 12.2. The van der Waals surface area contributed by atoms with E-state index in [2.05, 4.69) is 6.92 Å². The Balaban J connectivity index is 1.76. The summed E-state index contributed by atoms with van der Waals surface area (Å²) in [4.78, 5) is 14.8. The molecule has 1 fully saturated rings. The monoisotopic (exact) mass is 371 g/mol. The maximum atomic E-state index is 14.0. The number of nitrogens with zero attached hydrogens (tertiary/aromatic N) is 1. The van der Waals surface area contributed by atoms with Crippen LogP contribution in [0.3, 0.4) is 0 Å². The van der Waals surface area contributed by atoms with Gasteiger partial charge in [-0.05, 0) is 54.7 Å². The lowest BCUT2D eigenvalue weighted by atomic mass is 10.0. The van der Waals surface area contributed by atoms with Crippen LogP contribution in [0.25, 0.3) is 11.1 Å². The summed E-state index contributed by atoms with van der Waals surface area (Å²) >= 11 is 0. The molecular weight excluding hydrogens is 345 g/mol. The summed E-state index contributed by atoms with van der Waals surface area (Å²) < 4.78 is 24.8. The molecule has 1 atom stereocenters. The van der Waals surface area contributed by atoms with E-state index < -0.39 is 5.82 Å². The first-order chi connectivity index (χ1) is 13.1. The highest BCUT2D eigenvalue weighted by Crippen LogP contribution is 2.27. The molecule has 0 spiro atoms. The van der Waals surface area contributed by atoms with Gasteiger partial charge >= 0.3 is 0 Å². The second-order valence-electron chi connectivity index (χ2n) is 6.82. The molecule has 1 aliphatic rings. The third-order valence-electron chi connectivity index (χ3n) is 4.82. The highest BCUT2D eigenvalue weighted by Gasteiger charge is 2.25. The molecule has 1 aliphatic heterocycles. The standard InChI is InChI=1S/C22H26FNO3/c1-3-12-27-19-8-5-11-24(15-19)22(25)18-7-4-6-16(13-18)17-9-10-21(26-2)20(23)14-17/h4,6-7,9-10,13-14,19H,3,5,8,11-12,15H2,1-2H3/t19-/m0/s1. The fourth-order valence-electron chi connectivity index (χ4n) is 3.40. The third-order valence-corrected chi connectivity index (χ3v) is 4.82. The van der Waals surface area contributed by atoms with Crippen LogP contribution >= 0.6 is 0 Å². The van der Waals surface area contributed by atoms with Crippen LogP contribution in [-0.4, -0.2) is 43.7 Å². The summed E-state index contributed by atoms with van der Waals surface area (Å²) in [7, 11) is 1.44. The van der Waals surface area contributed by atoms with E-state index in [1.807, 2.05) is 29.2 Å². The Labute approximate surface area is 159 Å². The lowest BCUT2D eigenvalue weighted by Gasteiger charge is -2.32. The first-order valence-electron chi connectivity index (χ1n) is 9.47. The van der Waals surface area contributed by atoms with Crippen LogP contribution in [0.1, 0.15) is 36.5 Å². The zero-order valence-corrected chi connectivity index (χ0v) is 15.9. The normalized spacial score (nSPS) is 17.0. The Morgan fingerprint density at radius 1 is 1.22 bits per heavy atom. The van der Waals surface area contributed by atoms with E-state index in [1.165, 1.54) is 13.2 Å². The van der Waals surface area contributed by atoms with Crippen molar-refractivity contribution < 1.29 is 18.7 Å². The summed E-state index contributed by atoms with van der Waals surface area (Å²) in [5.41, 5.74) is 2.13. The maximum Gasteiger partial charge on any atom is 0.253 e. The van der Waals surface area contributed by atoms with Gasteiger partial charge in [0, 0.05) is 25.3 Å². The number of hydrogen-bond acceptors (Lipinski definition) is 3. The number of methoxy groups -OCH3 is 1. The smallest absolute Gasteiger partial charge is 0.253 e. The molecule has 2 aromatic carbocycles. The van der Waals surface area contributed by atoms with Crippen molar-refractivity contribution in [1.29, 1.82) is 0 Å². The van der Waals surface area contributed by atoms with Gasteiger partial charge in [0.2, 0.25) is 0 Å². The number of amides is 1. The largest absolute Gasteiger partial charge is 0.494 e. The third kappa shape index (κ3) is 4.66. The van der Waals surface area contributed by atoms with Crippen molar-refractivity contribution in [2.24, 2.45) is 0 Å². The number of halogens is 1. The Bertz CT molecular complexity index is 793. The second-order valence-corrected chi connectivity index (χ2v) is 6.82. The van der Waals surface area contributed by atoms with E-state index in [4.69, 9.17) is 9.47 Å². The first-order valence-corrected chi connectivity index (χ1v) is 9.47. The Morgan fingerprint density at radius 3 is 2.78 bits per heavy atom. The van der Waals surface area contributed by atoms with Crippen LogP contribution in [0, 0.1) is 5.82 Å². The Morgan fingerprint density at radius 2 is 2.04 bits per heavy atom. The average molecular weight is 371 g/mol. The van der Waals surface area contributed by atoms with Crippen LogP contribution in [0.2, 0.25) is 0 Å². The number of ether oxygens (including phenoxy) is 2. The van der Waals surface area contributed by atoms with Gasteiger partial charge in [-0.15, -0.1) is 0 Å². The van der Waals surface area contributed by atoms with Crippen molar-refractivity contribution in [1.82, 2.24) is 4.90 Å². The van der Waals surface area contributed by atoms with Gasteiger partial charge in [-0.3, -0.25) is 4.79 Å². The quantitative estimate of drug-likeness (QED) is 0.749. The van der Waals surface area contributed by atoms with Crippen molar-refractivity contribution in [2.75, 3.05) is 26.8 Å². The van der Waals surface area contributed by atoms with Crippen molar-refractivity contribution in [2.45, 2.75) is 32.3 Å². The molecule has 0 radical (unpaired) electrons. The molecular formula is C22H26FNO3. The number of rotatable bonds is 6. The van der Waals surface area contributed by atoms with Crippen molar-refractivity contribution >= 4 is 5.91 Å². The van der Waals surface area contributed by atoms with Crippen LogP contribution in [0.5, 0.6) is 5.75 Å². The van der Waals surface area contributed by atoms with Gasteiger partial charge in [-0.2, -0.15) is 0 Å². The van der Waals surface area contributed by atoms with Crippen molar-refractivity contribution in [3.8, 4) is 16.9 Å². The van der Waals surface area contributed by atoms with E-state index in [0.29, 0.717) is 17.7 Å². The minimum Gasteiger partial charge on any atom is -0.494 e. The summed E-state index contributed by atoms with van der Waals surface area (Å²) in [5.74, 6) is -0.216. The molecule has 0 bridgehead atoms. The summed E-state index contributed by atoms with van der Waals surface area (Å²) in [6.45, 7) is 4.18. The number of likely N-dealkylation sites (tertiary alicyclic amines) is 1. The predicted octanol–water partition coefficient (Wildman–Crippen LogP) is 4.53. The van der Waals surface area contributed by atoms with E-state index in [0.717, 1.165) is 38.0 Å². The topological polar surface area (TPSA) is 38.8 Å². The predicted molar refractivity (Wildman–Crippen MR) is 104 cm³/mol. The zero-order valence-electron chi connectivity index (χ0n) is 15.9. The van der Waals surface area contributed by atoms with E-state index in [-0.39, 0.29) is 17.8 Å². The molecule has 0 N–H and O–H groups in total. The summed E-state index contributed by atoms with van der Waals surface area (Å²) in [6.07, 6.45) is 3.03. The first kappa shape index (κ1) is 19.4. The lowest BCUT2D eigenvalue weighted by Crippen LogP contribution is -2.43. The molecule has 1 saturated heterocycles. The minimum atomic E-state index is -0.418. The fraction of sp³-hybridized carbons (Fsp3) is 0.409. The molecule has 0 aliphatic carbocycles. The van der Waals surface area contributed by atoms with Crippen molar-refractivity contribution in [3.63, 3.8) is 0 Å². The second kappa shape index (κ2) is 9.00. The number of carbonyl (C=O) groups excluding carboxylic acids is 1. The maximum absolute atomic E-state index is 14.0. The molecule has 5 heteroatoms. The van der Waals surface area contributed by atoms with Gasteiger partial charge in [0.25, 0.3) is 5.91 Å². The highest BCUT2D eigenvalue weighted by molar-refractivity contribution is 5.95. The Kier molecular flexibility index (Phi) is 6.45. The van der Waals surface area contributed by atoms with Crippen LogP contribution in [0.4, 0.5) is 4.39 Å². The van der Waals surface area contributed by atoms with Crippen LogP contribution < -0.4 is 4.74 Å². The van der Waals surface area contributed by atoms with Crippen LogP contribution in [-0.2, 0) is 4.74 Å². The average Bonchev–Trinajstić information content (AvgIpc) is 2.72. The molecule has 3 rings (SSSR count). The number of hydrogen-bond donors (Lipinski definition) is 0. The van der Waals surface area contributed by atoms with Gasteiger partial charge in [0.15, 0.2) is 11.6 Å². The molecule has 4 nitrogen and oxygen atoms in total. The number of benzene rings is 2. The lowest BCUT2D eigenvalue weighted by molar-refractivity contribution is 0.00211. The van der Waals surface area contributed by atoms with Gasteiger partial charge in [-0.25, -0.2) is 4.39 Å². The molecule has 1 amide bonds. The fourth-order valence-corrected chi connectivity index (χ4v) is 3.40. The van der Waals surface area contributed by atoms with Crippen LogP contribution in [0.15, 0.2) is 42.5 Å². The van der Waals surface area contributed by atoms with E-state index >= 15 is 0 Å². The van der Waals surface area contributed by atoms with Gasteiger partial charge in [0.1, 0.15) is 0 Å². The van der Waals surface area contributed by atoms with E-state index in [1.54, 1.807) is 12.1 Å². The van der Waals surface area contributed by atoms with E-state index in [9.17, 15) is 9.18 Å². The number of carbonyl (C=O) groups is 1. The molecule has 0 saturated carbocycles. The molecule has 0 aromatic heterocycles. The summed E-state index contributed by atoms with van der Waals surface area (Å²) in [5, 5.41) is 0.